The van der Waals surface area contributed by atoms with Crippen LogP contribution in [0.5, 0.6) is 0 Å². The largest absolute Gasteiger partial charge is 0.386 e. The third-order valence-corrected chi connectivity index (χ3v) is 1.70. The molecule has 0 fully saturated rings. The van der Waals surface area contributed by atoms with Crippen molar-refractivity contribution in [1.29, 1.82) is 0 Å². The molecule has 0 amide bonds. The van der Waals surface area contributed by atoms with Crippen LogP contribution in [0.2, 0.25) is 0 Å². The zero-order chi connectivity index (χ0) is 7.78. The van der Waals surface area contributed by atoms with Gasteiger partial charge in [-0.2, -0.15) is 0 Å². The van der Waals surface area contributed by atoms with Crippen LogP contribution in [-0.4, -0.2) is 21.9 Å². The van der Waals surface area contributed by atoms with Gasteiger partial charge in [0, 0.05) is 0 Å². The topological polar surface area (TPSA) is 40.5 Å². The molecule has 0 spiro atoms. The summed E-state index contributed by atoms with van der Waals surface area (Å²) in [6.45, 7) is 3.46. The highest BCUT2D eigenvalue weighted by molar-refractivity contribution is 5.28. The Labute approximate surface area is 60.5 Å². The molecule has 1 rings (SSSR count). The molecule has 0 radical (unpaired) electrons. The van der Waals surface area contributed by atoms with Gasteiger partial charge in [0.25, 0.3) is 0 Å². The summed E-state index contributed by atoms with van der Waals surface area (Å²) in [5, 5.41) is 18.6. The summed E-state index contributed by atoms with van der Waals surface area (Å²) in [6.07, 6.45) is 4.28. The lowest BCUT2D eigenvalue weighted by Crippen LogP contribution is -2.37. The Morgan fingerprint density at radius 2 is 2.20 bits per heavy atom. The summed E-state index contributed by atoms with van der Waals surface area (Å²) in [4.78, 5) is 0. The summed E-state index contributed by atoms with van der Waals surface area (Å²) in [5.41, 5.74) is -0.0986. The molecule has 0 heterocycles. The Kier molecular flexibility index (Phi) is 1.67. The Hall–Kier alpha value is -0.600. The minimum atomic E-state index is -1.08. The van der Waals surface area contributed by atoms with Crippen molar-refractivity contribution in [2.24, 2.45) is 0 Å². The molecule has 2 heteroatoms. The van der Waals surface area contributed by atoms with Gasteiger partial charge in [-0.1, -0.05) is 23.8 Å². The molecule has 0 unspecified atom stereocenters. The van der Waals surface area contributed by atoms with Gasteiger partial charge in [-0.15, -0.1) is 0 Å². The number of hydrogen-bond acceptors (Lipinski definition) is 2. The van der Waals surface area contributed by atoms with Crippen molar-refractivity contribution < 1.29 is 10.2 Å². The Balaban J connectivity index is 2.84. The Bertz CT molecular complexity index is 189. The fraction of sp³-hybridized carbons (Fsp3) is 0.500. The Morgan fingerprint density at radius 3 is 2.60 bits per heavy atom. The summed E-state index contributed by atoms with van der Waals surface area (Å²) in [5.74, 6) is 0. The van der Waals surface area contributed by atoms with E-state index in [1.54, 1.807) is 25.2 Å². The molecule has 2 atom stereocenters. The zero-order valence-corrected chi connectivity index (χ0v) is 6.20. The van der Waals surface area contributed by atoms with Crippen molar-refractivity contribution in [3.63, 3.8) is 0 Å². The van der Waals surface area contributed by atoms with Crippen LogP contribution in [0.15, 0.2) is 23.8 Å². The van der Waals surface area contributed by atoms with Gasteiger partial charge in [-0.25, -0.2) is 0 Å². The van der Waals surface area contributed by atoms with Gasteiger partial charge in [0.15, 0.2) is 0 Å². The zero-order valence-electron chi connectivity index (χ0n) is 6.20. The van der Waals surface area contributed by atoms with Gasteiger partial charge >= 0.3 is 0 Å². The van der Waals surface area contributed by atoms with E-state index in [0.29, 0.717) is 0 Å². The van der Waals surface area contributed by atoms with E-state index < -0.39 is 11.7 Å². The van der Waals surface area contributed by atoms with E-state index in [-0.39, 0.29) is 0 Å². The third kappa shape index (κ3) is 1.28. The summed E-state index contributed by atoms with van der Waals surface area (Å²) in [6, 6.07) is 0. The van der Waals surface area contributed by atoms with Gasteiger partial charge in [0.1, 0.15) is 11.7 Å². The van der Waals surface area contributed by atoms with E-state index in [9.17, 15) is 10.2 Å². The maximum absolute atomic E-state index is 9.38. The van der Waals surface area contributed by atoms with Gasteiger partial charge in [-0.05, 0) is 13.8 Å². The molecule has 2 nitrogen and oxygen atoms in total. The van der Waals surface area contributed by atoms with Gasteiger partial charge in [0.2, 0.25) is 0 Å². The minimum absolute atomic E-state index is 0.766. The number of hydrogen-bond donors (Lipinski definition) is 2. The predicted molar refractivity (Wildman–Crippen MR) is 39.5 cm³/mol. The first-order chi connectivity index (χ1) is 4.52. The van der Waals surface area contributed by atoms with E-state index in [1.165, 1.54) is 0 Å². The first-order valence-corrected chi connectivity index (χ1v) is 3.30. The fourth-order valence-electron chi connectivity index (χ4n) is 0.872. The first kappa shape index (κ1) is 7.51. The molecule has 0 aromatic rings. The third-order valence-electron chi connectivity index (χ3n) is 1.70. The molecule has 56 valence electrons. The van der Waals surface area contributed by atoms with E-state index in [4.69, 9.17) is 0 Å². The number of aliphatic hydroxyl groups excluding tert-OH is 1. The van der Waals surface area contributed by atoms with Crippen LogP contribution in [0.4, 0.5) is 0 Å². The number of aliphatic hydroxyl groups is 2. The van der Waals surface area contributed by atoms with Crippen LogP contribution in [-0.2, 0) is 0 Å². The van der Waals surface area contributed by atoms with Crippen molar-refractivity contribution in [2.45, 2.75) is 25.6 Å². The smallest absolute Gasteiger partial charge is 0.110 e. The summed E-state index contributed by atoms with van der Waals surface area (Å²) >= 11 is 0. The minimum Gasteiger partial charge on any atom is -0.386 e. The van der Waals surface area contributed by atoms with Crippen molar-refractivity contribution in [2.75, 3.05) is 0 Å². The number of allylic oxidation sites excluding steroid dienone is 2. The van der Waals surface area contributed by atoms with Gasteiger partial charge in [-0.3, -0.25) is 0 Å². The molecule has 10 heavy (non-hydrogen) atoms. The standard InChI is InChI=1S/C8H12O2/c1-6-3-4-8(2,10)7(9)5-6/h3-5,7,9-10H,1-2H3/t7-,8+/m0/s1. The maximum atomic E-state index is 9.38. The van der Waals surface area contributed by atoms with Crippen molar-refractivity contribution in [3.05, 3.63) is 23.8 Å². The number of rotatable bonds is 0. The van der Waals surface area contributed by atoms with Crippen LogP contribution in [0, 0.1) is 0 Å². The van der Waals surface area contributed by atoms with Crippen molar-refractivity contribution in [1.82, 2.24) is 0 Å². The van der Waals surface area contributed by atoms with Crippen LogP contribution in [0.25, 0.3) is 0 Å². The molecular formula is C8H12O2. The normalized spacial score (nSPS) is 39.6. The van der Waals surface area contributed by atoms with Gasteiger partial charge in [0.05, 0.1) is 0 Å². The lowest BCUT2D eigenvalue weighted by molar-refractivity contribution is -0.00132. The van der Waals surface area contributed by atoms with E-state index in [0.717, 1.165) is 5.57 Å². The average molecular weight is 140 g/mol. The second-order valence-corrected chi connectivity index (χ2v) is 2.91. The summed E-state index contributed by atoms with van der Waals surface area (Å²) < 4.78 is 0. The molecule has 0 aromatic heterocycles. The van der Waals surface area contributed by atoms with E-state index in [2.05, 4.69) is 0 Å². The van der Waals surface area contributed by atoms with Crippen LogP contribution >= 0.6 is 0 Å². The maximum Gasteiger partial charge on any atom is 0.110 e. The monoisotopic (exact) mass is 140 g/mol. The van der Waals surface area contributed by atoms with Crippen molar-refractivity contribution in [3.8, 4) is 0 Å². The molecule has 0 saturated carbocycles. The molecule has 2 N–H and O–H groups in total. The molecule has 1 aliphatic carbocycles. The van der Waals surface area contributed by atoms with Crippen molar-refractivity contribution >= 4 is 0 Å². The lowest BCUT2D eigenvalue weighted by Gasteiger charge is -2.26. The predicted octanol–water partition coefficient (Wildman–Crippen LogP) is 0.614. The highest BCUT2D eigenvalue weighted by Crippen LogP contribution is 2.19. The van der Waals surface area contributed by atoms with Gasteiger partial charge < -0.3 is 10.2 Å². The first-order valence-electron chi connectivity index (χ1n) is 3.30. The van der Waals surface area contributed by atoms with E-state index >= 15 is 0 Å². The quantitative estimate of drug-likeness (QED) is 0.517. The fourth-order valence-corrected chi connectivity index (χ4v) is 0.872. The Morgan fingerprint density at radius 1 is 1.60 bits per heavy atom. The summed E-state index contributed by atoms with van der Waals surface area (Å²) in [7, 11) is 0. The highest BCUT2D eigenvalue weighted by Gasteiger charge is 2.27. The molecule has 0 aromatic carbocycles. The molecule has 0 bridgehead atoms. The van der Waals surface area contributed by atoms with E-state index in [1.807, 2.05) is 6.92 Å². The highest BCUT2D eigenvalue weighted by atomic mass is 16.3. The lowest BCUT2D eigenvalue weighted by atomic mass is 9.92. The molecule has 1 aliphatic rings. The second kappa shape index (κ2) is 2.22. The molecular weight excluding hydrogens is 128 g/mol. The SMILES string of the molecule is CC1=C[C@H](O)[C@](C)(O)C=C1. The second-order valence-electron chi connectivity index (χ2n) is 2.91. The molecule has 0 aliphatic heterocycles. The van der Waals surface area contributed by atoms with Crippen LogP contribution in [0.1, 0.15) is 13.8 Å². The average Bonchev–Trinajstić information content (AvgIpc) is 1.81. The van der Waals surface area contributed by atoms with Crippen LogP contribution < -0.4 is 0 Å². The van der Waals surface area contributed by atoms with Crippen LogP contribution in [0.3, 0.4) is 0 Å². The molecule has 0 saturated heterocycles.